The van der Waals surface area contributed by atoms with E-state index in [0.717, 1.165) is 24.2 Å². The number of amides is 1. The van der Waals surface area contributed by atoms with Gasteiger partial charge in [0.25, 0.3) is 0 Å². The monoisotopic (exact) mass is 368 g/mol. The van der Waals surface area contributed by atoms with Crippen molar-refractivity contribution in [3.8, 4) is 23.2 Å². The van der Waals surface area contributed by atoms with Crippen LogP contribution in [0.2, 0.25) is 0 Å². The third-order valence-electron chi connectivity index (χ3n) is 4.67. The van der Waals surface area contributed by atoms with E-state index < -0.39 is 0 Å². The van der Waals surface area contributed by atoms with Crippen LogP contribution in [0.1, 0.15) is 19.8 Å². The first-order valence-corrected chi connectivity index (χ1v) is 9.07. The van der Waals surface area contributed by atoms with Crippen molar-refractivity contribution in [3.05, 3.63) is 30.6 Å². The summed E-state index contributed by atoms with van der Waals surface area (Å²) < 4.78 is 6.92. The van der Waals surface area contributed by atoms with Gasteiger partial charge < -0.3 is 15.0 Å². The molecule has 0 bridgehead atoms. The molecule has 1 unspecified atom stereocenters. The minimum atomic E-state index is -0.281. The van der Waals surface area contributed by atoms with Gasteiger partial charge >= 0.3 is 0 Å². The summed E-state index contributed by atoms with van der Waals surface area (Å²) in [4.78, 5) is 18.3. The lowest BCUT2D eigenvalue weighted by molar-refractivity contribution is -0.130. The first kappa shape index (κ1) is 18.9. The minimum absolute atomic E-state index is 0.0246. The first-order valence-electron chi connectivity index (χ1n) is 9.07. The van der Waals surface area contributed by atoms with Crippen molar-refractivity contribution in [1.82, 2.24) is 25.0 Å². The summed E-state index contributed by atoms with van der Waals surface area (Å²) in [6.07, 6.45) is 3.35. The zero-order valence-electron chi connectivity index (χ0n) is 15.6. The number of hydrogen-bond donors (Lipinski definition) is 1. The topological polar surface area (TPSA) is 96.1 Å². The Morgan fingerprint density at radius 3 is 2.93 bits per heavy atom. The molecule has 1 fully saturated rings. The number of likely N-dealkylation sites (tertiary alicyclic amines) is 1. The Bertz CT molecular complexity index is 810. The van der Waals surface area contributed by atoms with Crippen molar-refractivity contribution in [2.75, 3.05) is 20.2 Å². The third kappa shape index (κ3) is 4.63. The molecule has 8 heteroatoms. The van der Waals surface area contributed by atoms with Gasteiger partial charge in [0.05, 0.1) is 26.3 Å². The van der Waals surface area contributed by atoms with Gasteiger partial charge in [-0.25, -0.2) is 4.98 Å². The maximum absolute atomic E-state index is 12.3. The van der Waals surface area contributed by atoms with E-state index in [1.165, 1.54) is 0 Å². The maximum Gasteiger partial charge on any atom is 0.237 e. The van der Waals surface area contributed by atoms with Gasteiger partial charge in [0, 0.05) is 18.2 Å². The Kier molecular flexibility index (Phi) is 6.04. The predicted molar refractivity (Wildman–Crippen MR) is 99.8 cm³/mol. The van der Waals surface area contributed by atoms with Crippen LogP contribution < -0.4 is 10.1 Å². The first-order chi connectivity index (χ1) is 13.1. The molecule has 8 nitrogen and oxygen atoms in total. The van der Waals surface area contributed by atoms with Crippen LogP contribution in [0.25, 0.3) is 11.4 Å². The summed E-state index contributed by atoms with van der Waals surface area (Å²) in [7, 11) is 1.63. The minimum Gasteiger partial charge on any atom is -0.497 e. The summed E-state index contributed by atoms with van der Waals surface area (Å²) in [6, 6.07) is 9.54. The molecule has 2 atom stereocenters. The zero-order valence-corrected chi connectivity index (χ0v) is 15.6. The highest BCUT2D eigenvalue weighted by Crippen LogP contribution is 2.19. The number of ether oxygens (including phenoxy) is 1. The molecule has 2 aromatic rings. The Morgan fingerprint density at radius 1 is 1.44 bits per heavy atom. The molecule has 0 spiro atoms. The largest absolute Gasteiger partial charge is 0.497 e. The summed E-state index contributed by atoms with van der Waals surface area (Å²) in [5, 5.41) is 16.8. The fourth-order valence-corrected chi connectivity index (χ4v) is 3.16. The average molecular weight is 368 g/mol. The fraction of sp³-hybridized carbons (Fsp3) is 0.474. The number of nitrogens with zero attached hydrogens (tertiary/aromatic N) is 5. The number of methoxy groups -OCH3 is 1. The normalized spacial score (nSPS) is 17.5. The standard InChI is InChI=1S/C19H24N6O2/c1-14(21-11-18(26)25-9-3-4-16(25)10-20)12-24-13-22-19(23-24)15-5-7-17(27-2)8-6-15/h5-8,13-14,16,21H,3-4,9,11-12H2,1-2H3/t14?,16-/m0/s1. The highest BCUT2D eigenvalue weighted by atomic mass is 16.5. The van der Waals surface area contributed by atoms with Crippen molar-refractivity contribution in [2.45, 2.75) is 38.4 Å². The predicted octanol–water partition coefficient (Wildman–Crippen LogP) is 1.45. The van der Waals surface area contributed by atoms with Gasteiger partial charge in [-0.1, -0.05) is 0 Å². The number of hydrogen-bond acceptors (Lipinski definition) is 6. The number of nitrogens with one attached hydrogen (secondary N) is 1. The number of carbonyl (C=O) groups excluding carboxylic acids is 1. The van der Waals surface area contributed by atoms with Crippen molar-refractivity contribution in [1.29, 1.82) is 5.26 Å². The highest BCUT2D eigenvalue weighted by Gasteiger charge is 2.28. The lowest BCUT2D eigenvalue weighted by atomic mass is 10.2. The Hall–Kier alpha value is -2.92. The molecular formula is C19H24N6O2. The van der Waals surface area contributed by atoms with Gasteiger partial charge in [-0.3, -0.25) is 9.48 Å². The van der Waals surface area contributed by atoms with Gasteiger partial charge in [-0.2, -0.15) is 10.4 Å². The molecule has 1 aliphatic heterocycles. The lowest BCUT2D eigenvalue weighted by Crippen LogP contribution is -2.43. The molecule has 27 heavy (non-hydrogen) atoms. The van der Waals surface area contributed by atoms with Crippen LogP contribution in [-0.2, 0) is 11.3 Å². The Balaban J connectivity index is 1.51. The molecule has 3 rings (SSSR count). The van der Waals surface area contributed by atoms with Crippen molar-refractivity contribution in [3.63, 3.8) is 0 Å². The van der Waals surface area contributed by atoms with E-state index >= 15 is 0 Å². The molecular weight excluding hydrogens is 344 g/mol. The van der Waals surface area contributed by atoms with E-state index in [0.29, 0.717) is 18.9 Å². The molecule has 0 saturated carbocycles. The van der Waals surface area contributed by atoms with E-state index in [1.807, 2.05) is 31.2 Å². The SMILES string of the molecule is COc1ccc(-c2ncn(CC(C)NCC(=O)N3CCC[C@H]3C#N)n2)cc1. The second-order valence-electron chi connectivity index (χ2n) is 6.67. The quantitative estimate of drug-likeness (QED) is 0.795. The second kappa shape index (κ2) is 8.64. The average Bonchev–Trinajstić information content (AvgIpc) is 3.35. The van der Waals surface area contributed by atoms with E-state index in [4.69, 9.17) is 10.00 Å². The summed E-state index contributed by atoms with van der Waals surface area (Å²) in [5.74, 6) is 1.41. The fourth-order valence-electron chi connectivity index (χ4n) is 3.16. The summed E-state index contributed by atoms with van der Waals surface area (Å²) in [6.45, 7) is 3.48. The van der Waals surface area contributed by atoms with E-state index in [9.17, 15) is 4.79 Å². The number of carbonyl (C=O) groups is 1. The smallest absolute Gasteiger partial charge is 0.237 e. The van der Waals surface area contributed by atoms with Crippen LogP contribution in [0.15, 0.2) is 30.6 Å². The van der Waals surface area contributed by atoms with Gasteiger partial charge in [-0.05, 0) is 44.0 Å². The van der Waals surface area contributed by atoms with Crippen molar-refractivity contribution in [2.24, 2.45) is 0 Å². The number of aromatic nitrogens is 3. The molecule has 1 N–H and O–H groups in total. The van der Waals surface area contributed by atoms with Crippen LogP contribution in [0.5, 0.6) is 5.75 Å². The van der Waals surface area contributed by atoms with E-state index in [2.05, 4.69) is 21.5 Å². The highest BCUT2D eigenvalue weighted by molar-refractivity contribution is 5.79. The van der Waals surface area contributed by atoms with Gasteiger partial charge in [0.15, 0.2) is 5.82 Å². The van der Waals surface area contributed by atoms with Crippen molar-refractivity contribution < 1.29 is 9.53 Å². The van der Waals surface area contributed by atoms with Crippen LogP contribution in [0.4, 0.5) is 0 Å². The van der Waals surface area contributed by atoms with Crippen LogP contribution in [0.3, 0.4) is 0 Å². The molecule has 1 aromatic heterocycles. The summed E-state index contributed by atoms with van der Waals surface area (Å²) in [5.41, 5.74) is 0.918. The molecule has 1 aliphatic rings. The van der Waals surface area contributed by atoms with Gasteiger partial charge in [0.1, 0.15) is 18.1 Å². The van der Waals surface area contributed by atoms with Gasteiger partial charge in [-0.15, -0.1) is 0 Å². The third-order valence-corrected chi connectivity index (χ3v) is 4.67. The van der Waals surface area contributed by atoms with Crippen LogP contribution in [0, 0.1) is 11.3 Å². The molecule has 1 amide bonds. The van der Waals surface area contributed by atoms with E-state index in [-0.39, 0.29) is 24.5 Å². The number of benzene rings is 1. The van der Waals surface area contributed by atoms with Gasteiger partial charge in [0.2, 0.25) is 5.91 Å². The molecule has 142 valence electrons. The Labute approximate surface area is 158 Å². The molecule has 1 saturated heterocycles. The molecule has 2 heterocycles. The summed E-state index contributed by atoms with van der Waals surface area (Å²) >= 11 is 0. The zero-order chi connectivity index (χ0) is 19.2. The number of nitriles is 1. The van der Waals surface area contributed by atoms with E-state index in [1.54, 1.807) is 23.0 Å². The Morgan fingerprint density at radius 2 is 2.22 bits per heavy atom. The lowest BCUT2D eigenvalue weighted by Gasteiger charge is -2.21. The second-order valence-corrected chi connectivity index (χ2v) is 6.67. The molecule has 0 radical (unpaired) electrons. The van der Waals surface area contributed by atoms with Crippen molar-refractivity contribution >= 4 is 5.91 Å². The van der Waals surface area contributed by atoms with Crippen LogP contribution in [-0.4, -0.2) is 57.9 Å². The molecule has 0 aliphatic carbocycles. The molecule has 1 aromatic carbocycles. The van der Waals surface area contributed by atoms with Crippen LogP contribution >= 0.6 is 0 Å². The maximum atomic E-state index is 12.3. The number of rotatable bonds is 7.